The van der Waals surface area contributed by atoms with Gasteiger partial charge >= 0.3 is 0 Å². The van der Waals surface area contributed by atoms with Gasteiger partial charge < -0.3 is 15.2 Å². The molecule has 0 spiro atoms. The monoisotopic (exact) mass is 235 g/mol. The van der Waals surface area contributed by atoms with Crippen LogP contribution < -0.4 is 15.2 Å². The highest BCUT2D eigenvalue weighted by molar-refractivity contribution is 5.43. The van der Waals surface area contributed by atoms with Crippen molar-refractivity contribution in [3.63, 3.8) is 0 Å². The molecule has 1 aliphatic carbocycles. The first kappa shape index (κ1) is 12.2. The number of ether oxygens (including phenoxy) is 2. The largest absolute Gasteiger partial charge is 0.497 e. The van der Waals surface area contributed by atoms with Crippen LogP contribution in [-0.2, 0) is 0 Å². The van der Waals surface area contributed by atoms with Crippen molar-refractivity contribution < 1.29 is 9.47 Å². The van der Waals surface area contributed by atoms with E-state index in [2.05, 4.69) is 13.8 Å². The van der Waals surface area contributed by atoms with E-state index in [0.29, 0.717) is 11.3 Å². The summed E-state index contributed by atoms with van der Waals surface area (Å²) in [5.41, 5.74) is 7.76. The zero-order chi connectivity index (χ0) is 12.6. The van der Waals surface area contributed by atoms with Gasteiger partial charge in [0.2, 0.25) is 0 Å². The van der Waals surface area contributed by atoms with Gasteiger partial charge in [-0.1, -0.05) is 19.9 Å². The number of methoxy groups -OCH3 is 2. The van der Waals surface area contributed by atoms with Gasteiger partial charge in [0.25, 0.3) is 0 Å². The van der Waals surface area contributed by atoms with Gasteiger partial charge in [0.15, 0.2) is 0 Å². The molecule has 1 fully saturated rings. The topological polar surface area (TPSA) is 44.5 Å². The zero-order valence-electron chi connectivity index (χ0n) is 11.0. The summed E-state index contributed by atoms with van der Waals surface area (Å²) in [6, 6.07) is 5.89. The Morgan fingerprint density at radius 1 is 1.29 bits per heavy atom. The molecule has 0 heterocycles. The Morgan fingerprint density at radius 3 is 2.41 bits per heavy atom. The SMILES string of the molecule is COc1ccc(C(N)C2CC2(C)C)c(OC)c1. The van der Waals surface area contributed by atoms with E-state index in [1.165, 1.54) is 6.42 Å². The smallest absolute Gasteiger partial charge is 0.127 e. The van der Waals surface area contributed by atoms with E-state index in [0.717, 1.165) is 17.1 Å². The highest BCUT2D eigenvalue weighted by Gasteiger charge is 2.49. The summed E-state index contributed by atoms with van der Waals surface area (Å²) >= 11 is 0. The Hall–Kier alpha value is -1.22. The van der Waals surface area contributed by atoms with Crippen LogP contribution >= 0.6 is 0 Å². The van der Waals surface area contributed by atoms with Crippen LogP contribution in [0.4, 0.5) is 0 Å². The summed E-state index contributed by atoms with van der Waals surface area (Å²) < 4.78 is 10.6. The fourth-order valence-electron chi connectivity index (χ4n) is 2.43. The molecule has 2 rings (SSSR count). The standard InChI is InChI=1S/C14H21NO2/c1-14(2)8-11(14)13(15)10-6-5-9(16-3)7-12(10)17-4/h5-7,11,13H,8,15H2,1-4H3. The van der Waals surface area contributed by atoms with Crippen molar-refractivity contribution in [2.24, 2.45) is 17.1 Å². The van der Waals surface area contributed by atoms with Crippen molar-refractivity contribution in [1.29, 1.82) is 0 Å². The molecule has 1 aliphatic rings. The Morgan fingerprint density at radius 2 is 1.94 bits per heavy atom. The average Bonchev–Trinajstić information content (AvgIpc) is 2.96. The number of rotatable bonds is 4. The maximum Gasteiger partial charge on any atom is 0.127 e. The van der Waals surface area contributed by atoms with Crippen molar-refractivity contribution in [3.8, 4) is 11.5 Å². The van der Waals surface area contributed by atoms with E-state index in [1.807, 2.05) is 18.2 Å². The van der Waals surface area contributed by atoms with Gasteiger partial charge in [0.05, 0.1) is 14.2 Å². The molecule has 0 saturated heterocycles. The highest BCUT2D eigenvalue weighted by Crippen LogP contribution is 2.57. The molecule has 2 atom stereocenters. The summed E-state index contributed by atoms with van der Waals surface area (Å²) in [6.45, 7) is 4.51. The van der Waals surface area contributed by atoms with E-state index < -0.39 is 0 Å². The number of nitrogens with two attached hydrogens (primary N) is 1. The predicted octanol–water partition coefficient (Wildman–Crippen LogP) is 2.75. The lowest BCUT2D eigenvalue weighted by molar-refractivity contribution is 0.383. The molecule has 2 N–H and O–H groups in total. The summed E-state index contributed by atoms with van der Waals surface area (Å²) in [7, 11) is 3.32. The quantitative estimate of drug-likeness (QED) is 0.872. The summed E-state index contributed by atoms with van der Waals surface area (Å²) in [5, 5.41) is 0. The molecular weight excluding hydrogens is 214 g/mol. The molecule has 0 aliphatic heterocycles. The number of benzene rings is 1. The second kappa shape index (κ2) is 4.22. The zero-order valence-corrected chi connectivity index (χ0v) is 11.0. The minimum atomic E-state index is 0.0471. The third kappa shape index (κ3) is 2.25. The molecule has 1 saturated carbocycles. The van der Waals surface area contributed by atoms with Crippen LogP contribution in [0.5, 0.6) is 11.5 Å². The van der Waals surface area contributed by atoms with Crippen molar-refractivity contribution in [1.82, 2.24) is 0 Å². The van der Waals surface area contributed by atoms with Crippen molar-refractivity contribution in [3.05, 3.63) is 23.8 Å². The molecule has 3 heteroatoms. The normalized spacial score (nSPS) is 23.0. The molecular formula is C14H21NO2. The third-order valence-corrected chi connectivity index (χ3v) is 3.82. The van der Waals surface area contributed by atoms with E-state index >= 15 is 0 Å². The maximum absolute atomic E-state index is 6.32. The fraction of sp³-hybridized carbons (Fsp3) is 0.571. The average molecular weight is 235 g/mol. The fourth-order valence-corrected chi connectivity index (χ4v) is 2.43. The van der Waals surface area contributed by atoms with Crippen LogP contribution in [0.2, 0.25) is 0 Å². The van der Waals surface area contributed by atoms with Crippen molar-refractivity contribution in [2.45, 2.75) is 26.3 Å². The van der Waals surface area contributed by atoms with Crippen LogP contribution in [0.15, 0.2) is 18.2 Å². The van der Waals surface area contributed by atoms with Gasteiger partial charge in [-0.25, -0.2) is 0 Å². The van der Waals surface area contributed by atoms with E-state index in [1.54, 1.807) is 14.2 Å². The van der Waals surface area contributed by atoms with Gasteiger partial charge in [-0.3, -0.25) is 0 Å². The predicted molar refractivity (Wildman–Crippen MR) is 68.4 cm³/mol. The molecule has 0 bridgehead atoms. The summed E-state index contributed by atoms with van der Waals surface area (Å²) in [6.07, 6.45) is 1.18. The Labute approximate surface area is 103 Å². The molecule has 94 valence electrons. The van der Waals surface area contributed by atoms with Gasteiger partial charge in [-0.05, 0) is 23.8 Å². The second-order valence-electron chi connectivity index (χ2n) is 5.43. The minimum absolute atomic E-state index is 0.0471. The Balaban J connectivity index is 2.26. The van der Waals surface area contributed by atoms with Gasteiger partial charge in [0, 0.05) is 17.7 Å². The third-order valence-electron chi connectivity index (χ3n) is 3.82. The molecule has 0 radical (unpaired) electrons. The molecule has 1 aromatic rings. The Bertz CT molecular complexity index is 415. The molecule has 17 heavy (non-hydrogen) atoms. The van der Waals surface area contributed by atoms with Gasteiger partial charge in [0.1, 0.15) is 11.5 Å². The highest BCUT2D eigenvalue weighted by atomic mass is 16.5. The first-order valence-corrected chi connectivity index (χ1v) is 5.97. The van der Waals surface area contributed by atoms with Crippen LogP contribution in [-0.4, -0.2) is 14.2 Å². The van der Waals surface area contributed by atoms with E-state index in [9.17, 15) is 0 Å². The summed E-state index contributed by atoms with van der Waals surface area (Å²) in [4.78, 5) is 0. The van der Waals surface area contributed by atoms with E-state index in [-0.39, 0.29) is 6.04 Å². The molecule has 0 amide bonds. The first-order chi connectivity index (χ1) is 7.99. The first-order valence-electron chi connectivity index (χ1n) is 5.97. The van der Waals surface area contributed by atoms with Gasteiger partial charge in [-0.2, -0.15) is 0 Å². The molecule has 3 nitrogen and oxygen atoms in total. The minimum Gasteiger partial charge on any atom is -0.497 e. The maximum atomic E-state index is 6.32. The van der Waals surface area contributed by atoms with Crippen LogP contribution in [0.25, 0.3) is 0 Å². The lowest BCUT2D eigenvalue weighted by Gasteiger charge is -2.18. The van der Waals surface area contributed by atoms with Crippen molar-refractivity contribution in [2.75, 3.05) is 14.2 Å². The van der Waals surface area contributed by atoms with E-state index in [4.69, 9.17) is 15.2 Å². The molecule has 0 aromatic heterocycles. The summed E-state index contributed by atoms with van der Waals surface area (Å²) in [5.74, 6) is 2.16. The van der Waals surface area contributed by atoms with Gasteiger partial charge in [-0.15, -0.1) is 0 Å². The Kier molecular flexibility index (Phi) is 3.04. The van der Waals surface area contributed by atoms with Crippen LogP contribution in [0.1, 0.15) is 31.9 Å². The lowest BCUT2D eigenvalue weighted by Crippen LogP contribution is -2.16. The van der Waals surface area contributed by atoms with Crippen molar-refractivity contribution >= 4 is 0 Å². The van der Waals surface area contributed by atoms with Crippen LogP contribution in [0.3, 0.4) is 0 Å². The van der Waals surface area contributed by atoms with Crippen LogP contribution in [0, 0.1) is 11.3 Å². The second-order valence-corrected chi connectivity index (χ2v) is 5.43. The molecule has 1 aromatic carbocycles. The molecule has 2 unspecified atom stereocenters. The lowest BCUT2D eigenvalue weighted by atomic mass is 9.97. The number of hydrogen-bond acceptors (Lipinski definition) is 3. The number of hydrogen-bond donors (Lipinski definition) is 1.